The van der Waals surface area contributed by atoms with Crippen molar-refractivity contribution in [1.82, 2.24) is 5.32 Å². The highest BCUT2D eigenvalue weighted by atomic mass is 35.5. The molecule has 4 heteroatoms. The molecule has 0 amide bonds. The van der Waals surface area contributed by atoms with E-state index in [1.54, 1.807) is 6.07 Å². The number of halogens is 2. The Hall–Kier alpha value is -1.58. The van der Waals surface area contributed by atoms with Crippen LogP contribution in [0.25, 0.3) is 0 Å². The fourth-order valence-electron chi connectivity index (χ4n) is 2.23. The molecule has 0 saturated heterocycles. The van der Waals surface area contributed by atoms with Gasteiger partial charge in [0.15, 0.2) is 11.6 Å². The van der Waals surface area contributed by atoms with Gasteiger partial charge in [0, 0.05) is 5.02 Å². The van der Waals surface area contributed by atoms with Crippen LogP contribution in [0.1, 0.15) is 30.5 Å². The van der Waals surface area contributed by atoms with Crippen LogP contribution in [0.15, 0.2) is 42.5 Å². The highest BCUT2D eigenvalue weighted by molar-refractivity contribution is 6.30. The summed E-state index contributed by atoms with van der Waals surface area (Å²) >= 11 is 5.93. The maximum Gasteiger partial charge on any atom is 0.165 e. The monoisotopic (exact) mass is 307 g/mol. The largest absolute Gasteiger partial charge is 0.494 e. The van der Waals surface area contributed by atoms with Gasteiger partial charge in [0.2, 0.25) is 0 Å². The molecule has 0 aliphatic heterocycles. The molecule has 112 valence electrons. The summed E-state index contributed by atoms with van der Waals surface area (Å²) in [6, 6.07) is 12.6. The normalized spacial score (nSPS) is 12.2. The van der Waals surface area contributed by atoms with Gasteiger partial charge in [0.05, 0.1) is 13.2 Å². The molecule has 1 unspecified atom stereocenters. The van der Waals surface area contributed by atoms with Crippen LogP contribution in [-0.4, -0.2) is 13.7 Å². The fraction of sp³-hybridized carbons (Fsp3) is 0.294. The van der Waals surface area contributed by atoms with E-state index < -0.39 is 0 Å². The molecule has 2 nitrogen and oxygen atoms in total. The number of hydrogen-bond donors (Lipinski definition) is 1. The van der Waals surface area contributed by atoms with Crippen molar-refractivity contribution in [2.75, 3.05) is 13.7 Å². The van der Waals surface area contributed by atoms with Crippen molar-refractivity contribution in [3.63, 3.8) is 0 Å². The number of benzene rings is 2. The van der Waals surface area contributed by atoms with E-state index >= 15 is 0 Å². The minimum Gasteiger partial charge on any atom is -0.494 e. The zero-order valence-electron chi connectivity index (χ0n) is 12.2. The highest BCUT2D eigenvalue weighted by Gasteiger charge is 2.15. The van der Waals surface area contributed by atoms with Crippen LogP contribution < -0.4 is 10.1 Å². The van der Waals surface area contributed by atoms with Gasteiger partial charge in [0.1, 0.15) is 0 Å². The van der Waals surface area contributed by atoms with Crippen molar-refractivity contribution in [1.29, 1.82) is 0 Å². The Bertz CT molecular complexity index is 586. The molecule has 0 heterocycles. The maximum absolute atomic E-state index is 13.9. The van der Waals surface area contributed by atoms with Gasteiger partial charge in [-0.2, -0.15) is 0 Å². The van der Waals surface area contributed by atoms with Gasteiger partial charge in [-0.05, 0) is 48.4 Å². The minimum absolute atomic E-state index is 0.0670. The molecule has 0 fully saturated rings. The third-order valence-corrected chi connectivity index (χ3v) is 3.56. The predicted octanol–water partition coefficient (Wildman–Crippen LogP) is 4.58. The zero-order valence-corrected chi connectivity index (χ0v) is 13.0. The Morgan fingerprint density at radius 3 is 2.38 bits per heavy atom. The lowest BCUT2D eigenvalue weighted by Gasteiger charge is -2.20. The molecule has 2 aromatic carbocycles. The summed E-state index contributed by atoms with van der Waals surface area (Å²) in [7, 11) is 1.46. The van der Waals surface area contributed by atoms with E-state index in [0.717, 1.165) is 24.1 Å². The van der Waals surface area contributed by atoms with E-state index in [1.807, 2.05) is 30.3 Å². The van der Waals surface area contributed by atoms with Crippen LogP contribution in [-0.2, 0) is 0 Å². The summed E-state index contributed by atoms with van der Waals surface area (Å²) in [6.07, 6.45) is 1.00. The van der Waals surface area contributed by atoms with Gasteiger partial charge in [-0.15, -0.1) is 0 Å². The lowest BCUT2D eigenvalue weighted by Crippen LogP contribution is -2.23. The van der Waals surface area contributed by atoms with Crippen LogP contribution >= 0.6 is 11.6 Å². The van der Waals surface area contributed by atoms with Crippen molar-refractivity contribution in [3.8, 4) is 5.75 Å². The number of methoxy groups -OCH3 is 1. The Morgan fingerprint density at radius 1 is 1.14 bits per heavy atom. The van der Waals surface area contributed by atoms with Gasteiger partial charge >= 0.3 is 0 Å². The lowest BCUT2D eigenvalue weighted by molar-refractivity contribution is 0.385. The molecule has 0 radical (unpaired) electrons. The molecule has 0 aromatic heterocycles. The average molecular weight is 308 g/mol. The number of nitrogens with one attached hydrogen (secondary N) is 1. The highest BCUT2D eigenvalue weighted by Crippen LogP contribution is 2.27. The first kappa shape index (κ1) is 15.8. The van der Waals surface area contributed by atoms with Gasteiger partial charge in [-0.1, -0.05) is 36.7 Å². The van der Waals surface area contributed by atoms with Crippen LogP contribution in [0, 0.1) is 5.82 Å². The molecular formula is C17H19ClFNO. The molecule has 21 heavy (non-hydrogen) atoms. The van der Waals surface area contributed by atoms with Crippen molar-refractivity contribution >= 4 is 11.6 Å². The van der Waals surface area contributed by atoms with E-state index in [0.29, 0.717) is 5.02 Å². The molecule has 0 aliphatic carbocycles. The van der Waals surface area contributed by atoms with Crippen molar-refractivity contribution in [3.05, 3.63) is 64.4 Å². The van der Waals surface area contributed by atoms with Crippen molar-refractivity contribution < 1.29 is 9.13 Å². The first-order valence-electron chi connectivity index (χ1n) is 6.98. The molecule has 0 spiro atoms. The number of hydrogen-bond acceptors (Lipinski definition) is 2. The number of ether oxygens (including phenoxy) is 1. The summed E-state index contributed by atoms with van der Waals surface area (Å²) in [5.41, 5.74) is 1.92. The van der Waals surface area contributed by atoms with Gasteiger partial charge < -0.3 is 10.1 Å². The van der Waals surface area contributed by atoms with E-state index in [2.05, 4.69) is 12.2 Å². The Kier molecular flexibility index (Phi) is 5.59. The Labute approximate surface area is 129 Å². The smallest absolute Gasteiger partial charge is 0.165 e. The van der Waals surface area contributed by atoms with Gasteiger partial charge in [-0.3, -0.25) is 0 Å². The molecule has 0 saturated carbocycles. The lowest BCUT2D eigenvalue weighted by atomic mass is 9.98. The molecule has 0 aliphatic rings. The average Bonchev–Trinajstić information content (AvgIpc) is 2.49. The van der Waals surface area contributed by atoms with Crippen LogP contribution in [0.4, 0.5) is 4.39 Å². The van der Waals surface area contributed by atoms with E-state index in [1.165, 1.54) is 13.2 Å². The summed E-state index contributed by atoms with van der Waals surface area (Å²) in [5, 5.41) is 4.12. The summed E-state index contributed by atoms with van der Waals surface area (Å²) in [6.45, 7) is 2.95. The zero-order chi connectivity index (χ0) is 15.2. The van der Waals surface area contributed by atoms with Crippen molar-refractivity contribution in [2.45, 2.75) is 19.4 Å². The molecular weight excluding hydrogens is 289 g/mol. The molecule has 1 N–H and O–H groups in total. The third-order valence-electron chi connectivity index (χ3n) is 3.31. The maximum atomic E-state index is 13.9. The topological polar surface area (TPSA) is 21.3 Å². The summed E-state index contributed by atoms with van der Waals surface area (Å²) in [4.78, 5) is 0. The standard InChI is InChI=1S/C17H19ClFNO/c1-3-10-20-17(12-4-7-14(18)8-5-12)13-6-9-16(21-2)15(19)11-13/h4-9,11,17,20H,3,10H2,1-2H3. The second-order valence-corrected chi connectivity index (χ2v) is 5.27. The predicted molar refractivity (Wildman–Crippen MR) is 84.5 cm³/mol. The Balaban J connectivity index is 2.35. The van der Waals surface area contributed by atoms with Crippen LogP contribution in [0.3, 0.4) is 0 Å². The molecule has 0 bridgehead atoms. The molecule has 1 atom stereocenters. The van der Waals surface area contributed by atoms with E-state index in [4.69, 9.17) is 16.3 Å². The first-order chi connectivity index (χ1) is 10.2. The van der Waals surface area contributed by atoms with Gasteiger partial charge in [-0.25, -0.2) is 4.39 Å². The molecule has 2 rings (SSSR count). The van der Waals surface area contributed by atoms with E-state index in [-0.39, 0.29) is 17.6 Å². The van der Waals surface area contributed by atoms with Crippen LogP contribution in [0.5, 0.6) is 5.75 Å². The first-order valence-corrected chi connectivity index (χ1v) is 7.35. The van der Waals surface area contributed by atoms with Crippen molar-refractivity contribution in [2.24, 2.45) is 0 Å². The van der Waals surface area contributed by atoms with E-state index in [9.17, 15) is 4.39 Å². The Morgan fingerprint density at radius 2 is 1.81 bits per heavy atom. The minimum atomic E-state index is -0.354. The van der Waals surface area contributed by atoms with Crippen LogP contribution in [0.2, 0.25) is 5.02 Å². The summed E-state index contributed by atoms with van der Waals surface area (Å²) in [5.74, 6) is -0.101. The third kappa shape index (κ3) is 3.96. The fourth-order valence-corrected chi connectivity index (χ4v) is 2.36. The second-order valence-electron chi connectivity index (χ2n) is 4.83. The number of rotatable bonds is 6. The second kappa shape index (κ2) is 7.43. The summed E-state index contributed by atoms with van der Waals surface area (Å²) < 4.78 is 18.9. The van der Waals surface area contributed by atoms with Gasteiger partial charge in [0.25, 0.3) is 0 Å². The molecule has 2 aromatic rings. The quantitative estimate of drug-likeness (QED) is 0.843. The SMILES string of the molecule is CCCNC(c1ccc(Cl)cc1)c1ccc(OC)c(F)c1.